The number of hydrogen-bond donors (Lipinski definition) is 0. The van der Waals surface area contributed by atoms with E-state index in [2.05, 4.69) is 0 Å². The minimum Gasteiger partial charge on any atom is -0.497 e. The number of benzene rings is 1. The maximum atomic E-state index is 11.9. The molecule has 77 valence electrons. The summed E-state index contributed by atoms with van der Waals surface area (Å²) in [6.45, 7) is 5.86. The van der Waals surface area contributed by atoms with Gasteiger partial charge in [-0.05, 0) is 23.1 Å². The fraction of sp³-hybridized carbons (Fsp3) is 0.500. The third kappa shape index (κ3) is 2.48. The molecule has 0 amide bonds. The Morgan fingerprint density at radius 1 is 1.14 bits per heavy atom. The van der Waals surface area contributed by atoms with Crippen LogP contribution in [0.25, 0.3) is 0 Å². The van der Waals surface area contributed by atoms with Gasteiger partial charge >= 0.3 is 0 Å². The van der Waals surface area contributed by atoms with Gasteiger partial charge in [0.15, 0.2) is 0 Å². The molecule has 1 unspecified atom stereocenters. The SMILES string of the molecule is COc1ccc(C([O])C(C)(C)C)cc1. The zero-order valence-electron chi connectivity index (χ0n) is 9.20. The second-order valence-corrected chi connectivity index (χ2v) is 4.52. The first kappa shape index (κ1) is 11.1. The lowest BCUT2D eigenvalue weighted by Gasteiger charge is -2.24. The number of methoxy groups -OCH3 is 1. The first-order valence-corrected chi connectivity index (χ1v) is 4.75. The van der Waals surface area contributed by atoms with Gasteiger partial charge in [-0.2, -0.15) is 0 Å². The van der Waals surface area contributed by atoms with Crippen molar-refractivity contribution in [2.75, 3.05) is 7.11 Å². The summed E-state index contributed by atoms with van der Waals surface area (Å²) < 4.78 is 5.03. The topological polar surface area (TPSA) is 29.1 Å². The summed E-state index contributed by atoms with van der Waals surface area (Å²) in [5.41, 5.74) is 0.576. The first-order valence-electron chi connectivity index (χ1n) is 4.75. The Hall–Kier alpha value is -1.02. The van der Waals surface area contributed by atoms with Crippen LogP contribution in [0.4, 0.5) is 0 Å². The lowest BCUT2D eigenvalue weighted by molar-refractivity contribution is -0.00152. The van der Waals surface area contributed by atoms with E-state index < -0.39 is 6.10 Å². The third-order valence-corrected chi connectivity index (χ3v) is 2.21. The zero-order chi connectivity index (χ0) is 10.8. The minimum absolute atomic E-state index is 0.241. The van der Waals surface area contributed by atoms with Crippen LogP contribution in [0, 0.1) is 5.41 Å². The van der Waals surface area contributed by atoms with Gasteiger partial charge in [0, 0.05) is 0 Å². The molecule has 1 atom stereocenters. The smallest absolute Gasteiger partial charge is 0.123 e. The Labute approximate surface area is 85.5 Å². The maximum absolute atomic E-state index is 11.9. The van der Waals surface area contributed by atoms with E-state index in [0.717, 1.165) is 11.3 Å². The van der Waals surface area contributed by atoms with Crippen LogP contribution in [0.2, 0.25) is 0 Å². The van der Waals surface area contributed by atoms with Gasteiger partial charge in [-0.3, -0.25) is 0 Å². The molecule has 0 saturated heterocycles. The monoisotopic (exact) mass is 193 g/mol. The molecular formula is C12H17O2. The predicted octanol–water partition coefficient (Wildman–Crippen LogP) is 3.21. The molecule has 2 heteroatoms. The van der Waals surface area contributed by atoms with Gasteiger partial charge in [-0.15, -0.1) is 0 Å². The summed E-state index contributed by atoms with van der Waals surface area (Å²) in [6, 6.07) is 7.32. The van der Waals surface area contributed by atoms with Crippen molar-refractivity contribution in [2.24, 2.45) is 5.41 Å². The molecule has 1 aromatic carbocycles. The van der Waals surface area contributed by atoms with Crippen LogP contribution in [0.15, 0.2) is 24.3 Å². The van der Waals surface area contributed by atoms with Crippen LogP contribution >= 0.6 is 0 Å². The van der Waals surface area contributed by atoms with Crippen molar-refractivity contribution >= 4 is 0 Å². The number of hydrogen-bond acceptors (Lipinski definition) is 1. The normalized spacial score (nSPS) is 13.8. The summed E-state index contributed by atoms with van der Waals surface area (Å²) in [5, 5.41) is 11.9. The molecule has 0 aromatic heterocycles. The van der Waals surface area contributed by atoms with Crippen LogP contribution in [0.3, 0.4) is 0 Å². The molecule has 0 aliphatic rings. The van der Waals surface area contributed by atoms with Gasteiger partial charge in [-0.25, -0.2) is 5.11 Å². The fourth-order valence-electron chi connectivity index (χ4n) is 1.28. The third-order valence-electron chi connectivity index (χ3n) is 2.21. The molecule has 1 aromatic rings. The van der Waals surface area contributed by atoms with Crippen molar-refractivity contribution in [2.45, 2.75) is 26.9 Å². The molecule has 0 heterocycles. The van der Waals surface area contributed by atoms with E-state index in [1.807, 2.05) is 45.0 Å². The predicted molar refractivity (Wildman–Crippen MR) is 55.9 cm³/mol. The van der Waals surface area contributed by atoms with Crippen LogP contribution < -0.4 is 4.74 Å². The van der Waals surface area contributed by atoms with E-state index in [9.17, 15) is 5.11 Å². The Bertz CT molecular complexity index is 282. The summed E-state index contributed by atoms with van der Waals surface area (Å²) in [7, 11) is 1.62. The average molecular weight is 193 g/mol. The van der Waals surface area contributed by atoms with Gasteiger partial charge < -0.3 is 4.74 Å². The molecule has 0 bridgehead atoms. The van der Waals surface area contributed by atoms with E-state index in [1.165, 1.54) is 0 Å². The lowest BCUT2D eigenvalue weighted by atomic mass is 9.85. The quantitative estimate of drug-likeness (QED) is 0.709. The lowest BCUT2D eigenvalue weighted by Crippen LogP contribution is -2.16. The van der Waals surface area contributed by atoms with Crippen molar-refractivity contribution in [1.29, 1.82) is 0 Å². The molecule has 0 aliphatic heterocycles. The summed E-state index contributed by atoms with van der Waals surface area (Å²) in [4.78, 5) is 0. The Morgan fingerprint density at radius 3 is 2.00 bits per heavy atom. The van der Waals surface area contributed by atoms with Crippen LogP contribution in [0.5, 0.6) is 5.75 Å². The second-order valence-electron chi connectivity index (χ2n) is 4.52. The van der Waals surface area contributed by atoms with Crippen LogP contribution in [-0.4, -0.2) is 7.11 Å². The van der Waals surface area contributed by atoms with Gasteiger partial charge in [-0.1, -0.05) is 32.9 Å². The standard InChI is InChI=1S/C12H17O2/c1-12(2,3)11(13)9-5-7-10(14-4)8-6-9/h5-8,11H,1-4H3. The largest absolute Gasteiger partial charge is 0.497 e. The Morgan fingerprint density at radius 2 is 1.64 bits per heavy atom. The van der Waals surface area contributed by atoms with E-state index in [4.69, 9.17) is 4.74 Å². The van der Waals surface area contributed by atoms with Crippen molar-refractivity contribution in [3.63, 3.8) is 0 Å². The number of ether oxygens (including phenoxy) is 1. The highest BCUT2D eigenvalue weighted by molar-refractivity contribution is 5.28. The molecule has 2 nitrogen and oxygen atoms in total. The zero-order valence-corrected chi connectivity index (χ0v) is 9.20. The molecule has 0 aliphatic carbocycles. The molecular weight excluding hydrogens is 176 g/mol. The van der Waals surface area contributed by atoms with E-state index >= 15 is 0 Å². The number of rotatable bonds is 2. The first-order chi connectivity index (χ1) is 6.45. The molecule has 0 spiro atoms. The minimum atomic E-state index is -0.687. The Balaban J connectivity index is 2.87. The van der Waals surface area contributed by atoms with Gasteiger partial charge in [0.1, 0.15) is 11.9 Å². The molecule has 0 saturated carbocycles. The highest BCUT2D eigenvalue weighted by Gasteiger charge is 2.25. The highest BCUT2D eigenvalue weighted by atomic mass is 16.5. The Kier molecular flexibility index (Phi) is 3.17. The van der Waals surface area contributed by atoms with E-state index in [0.29, 0.717) is 0 Å². The molecule has 0 fully saturated rings. The molecule has 1 rings (SSSR count). The van der Waals surface area contributed by atoms with Crippen LogP contribution in [0.1, 0.15) is 32.4 Å². The molecule has 1 radical (unpaired) electrons. The van der Waals surface area contributed by atoms with Crippen molar-refractivity contribution < 1.29 is 9.84 Å². The van der Waals surface area contributed by atoms with Gasteiger partial charge in [0.05, 0.1) is 7.11 Å². The summed E-state index contributed by atoms with van der Waals surface area (Å²) in [5.74, 6) is 0.787. The fourth-order valence-corrected chi connectivity index (χ4v) is 1.28. The van der Waals surface area contributed by atoms with Crippen molar-refractivity contribution in [1.82, 2.24) is 0 Å². The molecule has 0 N–H and O–H groups in total. The van der Waals surface area contributed by atoms with E-state index in [-0.39, 0.29) is 5.41 Å². The summed E-state index contributed by atoms with van der Waals surface area (Å²) in [6.07, 6.45) is -0.687. The van der Waals surface area contributed by atoms with Gasteiger partial charge in [0.2, 0.25) is 0 Å². The highest BCUT2D eigenvalue weighted by Crippen LogP contribution is 2.33. The van der Waals surface area contributed by atoms with E-state index in [1.54, 1.807) is 7.11 Å². The van der Waals surface area contributed by atoms with Crippen molar-refractivity contribution in [3.05, 3.63) is 29.8 Å². The maximum Gasteiger partial charge on any atom is 0.123 e. The summed E-state index contributed by atoms with van der Waals surface area (Å²) >= 11 is 0. The average Bonchev–Trinajstić information content (AvgIpc) is 2.15. The molecule has 14 heavy (non-hydrogen) atoms. The van der Waals surface area contributed by atoms with Crippen molar-refractivity contribution in [3.8, 4) is 5.75 Å². The van der Waals surface area contributed by atoms with Crippen LogP contribution in [-0.2, 0) is 5.11 Å². The van der Waals surface area contributed by atoms with Gasteiger partial charge in [0.25, 0.3) is 0 Å². The second kappa shape index (κ2) is 4.01.